The van der Waals surface area contributed by atoms with Crippen LogP contribution in [0.2, 0.25) is 0 Å². The molecular weight excluding hydrogens is 913 g/mol. The average Bonchev–Trinajstić information content (AvgIpc) is 4.19. The van der Waals surface area contributed by atoms with Gasteiger partial charge in [0, 0.05) is 142 Å². The van der Waals surface area contributed by atoms with Crippen molar-refractivity contribution in [1.29, 1.82) is 0 Å². The molecule has 0 saturated carbocycles. The van der Waals surface area contributed by atoms with Gasteiger partial charge in [0.2, 0.25) is 0 Å². The molecule has 6 heterocycles. The molecular formula is C60H70N8O5. The molecule has 2 N–H and O–H groups in total. The average molecular weight is 983 g/mol. The van der Waals surface area contributed by atoms with Crippen molar-refractivity contribution in [2.45, 2.75) is 52.9 Å². The van der Waals surface area contributed by atoms with Gasteiger partial charge < -0.3 is 29.1 Å². The number of aromatic nitrogens is 2. The van der Waals surface area contributed by atoms with Gasteiger partial charge in [0.15, 0.2) is 0 Å². The maximum Gasteiger partial charge on any atom is 0.253 e. The number of nitrogens with zero attached hydrogens (tertiary/aromatic N) is 7. The number of pyridine rings is 2. The quantitative estimate of drug-likeness (QED) is 0.102. The molecule has 0 bridgehead atoms. The predicted molar refractivity (Wildman–Crippen MR) is 289 cm³/mol. The van der Waals surface area contributed by atoms with E-state index in [4.69, 9.17) is 19.5 Å². The summed E-state index contributed by atoms with van der Waals surface area (Å²) >= 11 is 0. The standard InChI is InChI=1S/C30H34N4O2.C25H30N4O.C5H6O2/c1-3-33(4-2)30(35)26-12-10-25(11-13-26)29(27-9-5-7-24-8-6-15-31-28(24)27)34-18-16-32(17-19-34)21-23-14-20-36-22-23;1-3-28(4-2)25(30)21-12-10-20(11-13-21)24(29-17-15-26-16-18-29)22-9-5-7-19-8-6-14-27-23(19)22;6-3-5-1-2-7-4-5/h5-15,20,22,29H,3-4,16-19,21H2,1-2H3;5-14,24,26H,3-4,15-18H2,1-2H3;1-2,4,6H,3H2. The van der Waals surface area contributed by atoms with E-state index in [0.29, 0.717) is 13.1 Å². The smallest absolute Gasteiger partial charge is 0.253 e. The molecule has 4 aromatic carbocycles. The molecule has 380 valence electrons. The first-order chi connectivity index (χ1) is 35.8. The van der Waals surface area contributed by atoms with Crippen molar-refractivity contribution < 1.29 is 23.5 Å². The first kappa shape index (κ1) is 52.3. The Bertz CT molecular complexity index is 2910. The number of aliphatic hydroxyl groups is 1. The highest BCUT2D eigenvalue weighted by atomic mass is 16.3. The van der Waals surface area contributed by atoms with E-state index in [-0.39, 0.29) is 30.5 Å². The number of hydrogen-bond acceptors (Lipinski definition) is 11. The second-order valence-electron chi connectivity index (χ2n) is 18.4. The molecule has 2 aliphatic heterocycles. The topological polar surface area (TPSA) is 135 Å². The molecule has 0 aliphatic carbocycles. The van der Waals surface area contributed by atoms with Crippen molar-refractivity contribution in [3.63, 3.8) is 0 Å². The van der Waals surface area contributed by atoms with Gasteiger partial charge in [-0.3, -0.25) is 34.3 Å². The van der Waals surface area contributed by atoms with E-state index in [1.165, 1.54) is 40.3 Å². The van der Waals surface area contributed by atoms with Crippen molar-refractivity contribution in [1.82, 2.24) is 39.8 Å². The normalized spacial score (nSPS) is 15.1. The van der Waals surface area contributed by atoms with E-state index in [0.717, 1.165) is 110 Å². The number of benzene rings is 4. The monoisotopic (exact) mass is 983 g/mol. The lowest BCUT2D eigenvalue weighted by Crippen LogP contribution is -2.47. The van der Waals surface area contributed by atoms with Crippen LogP contribution in [0.5, 0.6) is 0 Å². The fraction of sp³-hybridized carbons (Fsp3) is 0.333. The lowest BCUT2D eigenvalue weighted by molar-refractivity contribution is 0.0765. The van der Waals surface area contributed by atoms with Crippen LogP contribution in [0.1, 0.15) is 93.9 Å². The summed E-state index contributed by atoms with van der Waals surface area (Å²) in [6.07, 6.45) is 10.4. The third-order valence-corrected chi connectivity index (χ3v) is 14.0. The molecule has 2 aliphatic rings. The number of carbonyl (C=O) groups is 2. The zero-order valence-corrected chi connectivity index (χ0v) is 42.8. The van der Waals surface area contributed by atoms with E-state index in [9.17, 15) is 9.59 Å². The lowest BCUT2D eigenvalue weighted by atomic mass is 9.93. The van der Waals surface area contributed by atoms with E-state index >= 15 is 0 Å². The van der Waals surface area contributed by atoms with E-state index in [1.807, 2.05) is 98.6 Å². The Morgan fingerprint density at radius 3 is 1.41 bits per heavy atom. The lowest BCUT2D eigenvalue weighted by Gasteiger charge is -2.40. The SMILES string of the molecule is CCN(CC)C(=O)c1ccc(C(c2cccc3cccnc23)N2CCN(Cc3ccoc3)CC2)cc1.CCN(CC)C(=O)c1ccc(C(c2cccc3cccnc23)N2CCNCC2)cc1.OCc1ccoc1. The van der Waals surface area contributed by atoms with Crippen molar-refractivity contribution >= 4 is 33.6 Å². The number of carbonyl (C=O) groups excluding carboxylic acids is 2. The van der Waals surface area contributed by atoms with Gasteiger partial charge in [-0.15, -0.1) is 0 Å². The van der Waals surface area contributed by atoms with Gasteiger partial charge in [0.1, 0.15) is 0 Å². The van der Waals surface area contributed by atoms with Gasteiger partial charge in [-0.2, -0.15) is 0 Å². The maximum atomic E-state index is 12.9. The first-order valence-electron chi connectivity index (χ1n) is 25.8. The van der Waals surface area contributed by atoms with E-state index < -0.39 is 0 Å². The van der Waals surface area contributed by atoms with Gasteiger partial charge in [0.05, 0.1) is 54.8 Å². The minimum absolute atomic E-state index is 0.0660. The molecule has 2 unspecified atom stereocenters. The fourth-order valence-electron chi connectivity index (χ4n) is 10.0. The Morgan fingerprint density at radius 1 is 0.562 bits per heavy atom. The Labute approximate surface area is 430 Å². The number of aliphatic hydroxyl groups excluding tert-OH is 1. The van der Waals surface area contributed by atoms with Crippen LogP contribution in [-0.2, 0) is 13.2 Å². The van der Waals surface area contributed by atoms with Crippen LogP contribution in [0, 0.1) is 0 Å². The molecule has 2 fully saturated rings. The summed E-state index contributed by atoms with van der Waals surface area (Å²) in [6, 6.07) is 41.4. The summed E-state index contributed by atoms with van der Waals surface area (Å²) in [5, 5.41) is 14.1. The number of hydrogen-bond donors (Lipinski definition) is 2. The zero-order chi connectivity index (χ0) is 50.9. The van der Waals surface area contributed by atoms with Gasteiger partial charge in [-0.05, 0) is 87.4 Å². The fourth-order valence-corrected chi connectivity index (χ4v) is 10.0. The molecule has 13 nitrogen and oxygen atoms in total. The molecule has 0 radical (unpaired) electrons. The first-order valence-corrected chi connectivity index (χ1v) is 25.8. The van der Waals surface area contributed by atoms with Crippen LogP contribution in [0.25, 0.3) is 21.8 Å². The van der Waals surface area contributed by atoms with Gasteiger partial charge in [-0.25, -0.2) is 0 Å². The molecule has 10 rings (SSSR count). The minimum atomic E-state index is 0.0660. The third kappa shape index (κ3) is 13.0. The molecule has 2 atom stereocenters. The number of fused-ring (bicyclic) bond motifs is 2. The number of piperazine rings is 2. The summed E-state index contributed by atoms with van der Waals surface area (Å²) in [7, 11) is 0. The number of furan rings is 2. The third-order valence-electron chi connectivity index (χ3n) is 14.0. The molecule has 13 heteroatoms. The summed E-state index contributed by atoms with van der Waals surface area (Å²) in [5.41, 5.74) is 10.4. The number of rotatable bonds is 15. The molecule has 73 heavy (non-hydrogen) atoms. The van der Waals surface area contributed by atoms with Crippen LogP contribution in [0.3, 0.4) is 0 Å². The summed E-state index contributed by atoms with van der Waals surface area (Å²) in [6.45, 7) is 19.7. The summed E-state index contributed by atoms with van der Waals surface area (Å²) < 4.78 is 9.90. The largest absolute Gasteiger partial charge is 0.472 e. The van der Waals surface area contributed by atoms with Crippen LogP contribution in [0.4, 0.5) is 0 Å². The van der Waals surface area contributed by atoms with Crippen molar-refractivity contribution in [3.05, 3.63) is 203 Å². The number of nitrogens with one attached hydrogen (secondary N) is 1. The van der Waals surface area contributed by atoms with Crippen molar-refractivity contribution in [2.24, 2.45) is 0 Å². The second kappa shape index (κ2) is 26.1. The van der Waals surface area contributed by atoms with E-state index in [1.54, 1.807) is 12.3 Å². The number of amides is 2. The summed E-state index contributed by atoms with van der Waals surface area (Å²) in [5.74, 6) is 0.180. The van der Waals surface area contributed by atoms with Crippen LogP contribution < -0.4 is 5.32 Å². The molecule has 0 spiro atoms. The summed E-state index contributed by atoms with van der Waals surface area (Å²) in [4.78, 5) is 46.4. The molecule has 2 saturated heterocycles. The highest BCUT2D eigenvalue weighted by Gasteiger charge is 2.30. The van der Waals surface area contributed by atoms with Gasteiger partial charge in [0.25, 0.3) is 11.8 Å². The highest BCUT2D eigenvalue weighted by Crippen LogP contribution is 2.35. The van der Waals surface area contributed by atoms with Gasteiger partial charge in [-0.1, -0.05) is 72.8 Å². The Hall–Kier alpha value is -7.00. The second-order valence-corrected chi connectivity index (χ2v) is 18.4. The van der Waals surface area contributed by atoms with Crippen LogP contribution in [0.15, 0.2) is 168 Å². The molecule has 2 amide bonds. The van der Waals surface area contributed by atoms with Crippen molar-refractivity contribution in [2.75, 3.05) is 78.5 Å². The Balaban J connectivity index is 0.000000174. The maximum absolute atomic E-state index is 12.9. The van der Waals surface area contributed by atoms with E-state index in [2.05, 4.69) is 97.2 Å². The molecule has 4 aromatic heterocycles. The van der Waals surface area contributed by atoms with Gasteiger partial charge >= 0.3 is 0 Å². The zero-order valence-electron chi connectivity index (χ0n) is 42.8. The predicted octanol–water partition coefficient (Wildman–Crippen LogP) is 9.70. The van der Waals surface area contributed by atoms with Crippen LogP contribution >= 0.6 is 0 Å². The minimum Gasteiger partial charge on any atom is -0.472 e. The van der Waals surface area contributed by atoms with Crippen LogP contribution in [-0.4, -0.2) is 130 Å². The Kier molecular flexibility index (Phi) is 18.7. The number of para-hydroxylation sites is 2. The molecule has 8 aromatic rings. The van der Waals surface area contributed by atoms with Crippen molar-refractivity contribution in [3.8, 4) is 0 Å². The Morgan fingerprint density at radius 2 is 1.00 bits per heavy atom. The highest BCUT2D eigenvalue weighted by molar-refractivity contribution is 5.95.